The van der Waals surface area contributed by atoms with Crippen molar-refractivity contribution in [2.24, 2.45) is 5.73 Å². The standard InChI is InChI=1S/C12H17N3O2S/c1-9-6-12(5-4-11(9)8-14)18(16,17)15(3)10(2)7-13/h4-6,10H,7,13H2,1-3H3. The molecule has 1 aromatic rings. The SMILES string of the molecule is Cc1cc(S(=O)(=O)N(C)C(C)CN)ccc1C#N. The molecule has 0 saturated heterocycles. The molecule has 0 aliphatic rings. The lowest BCUT2D eigenvalue weighted by atomic mass is 10.1. The highest BCUT2D eigenvalue weighted by Gasteiger charge is 2.24. The van der Waals surface area contributed by atoms with Gasteiger partial charge in [-0.05, 0) is 37.6 Å². The summed E-state index contributed by atoms with van der Waals surface area (Å²) in [6.45, 7) is 3.71. The van der Waals surface area contributed by atoms with Gasteiger partial charge < -0.3 is 5.73 Å². The molecule has 0 bridgehead atoms. The summed E-state index contributed by atoms with van der Waals surface area (Å²) in [5.41, 5.74) is 6.60. The summed E-state index contributed by atoms with van der Waals surface area (Å²) in [6.07, 6.45) is 0. The first kappa shape index (κ1) is 14.6. The summed E-state index contributed by atoms with van der Waals surface area (Å²) in [5.74, 6) is 0. The normalized spacial score (nSPS) is 13.3. The van der Waals surface area contributed by atoms with Crippen LogP contribution in [0, 0.1) is 18.3 Å². The molecule has 0 fully saturated rings. The third-order valence-electron chi connectivity index (χ3n) is 2.96. The summed E-state index contributed by atoms with van der Waals surface area (Å²) in [7, 11) is -2.05. The van der Waals surface area contributed by atoms with Crippen LogP contribution in [0.3, 0.4) is 0 Å². The summed E-state index contributed by atoms with van der Waals surface area (Å²) >= 11 is 0. The number of likely N-dealkylation sites (N-methyl/N-ethyl adjacent to an activating group) is 1. The fourth-order valence-electron chi connectivity index (χ4n) is 1.47. The van der Waals surface area contributed by atoms with Crippen molar-refractivity contribution in [2.75, 3.05) is 13.6 Å². The molecular formula is C12H17N3O2S. The molecule has 0 aromatic heterocycles. The molecule has 1 atom stereocenters. The topological polar surface area (TPSA) is 87.2 Å². The van der Waals surface area contributed by atoms with Gasteiger partial charge in [-0.2, -0.15) is 9.57 Å². The molecule has 1 unspecified atom stereocenters. The van der Waals surface area contributed by atoms with Gasteiger partial charge in [0.1, 0.15) is 0 Å². The predicted molar refractivity (Wildman–Crippen MR) is 69.4 cm³/mol. The van der Waals surface area contributed by atoms with E-state index in [4.69, 9.17) is 11.0 Å². The van der Waals surface area contributed by atoms with E-state index in [0.717, 1.165) is 0 Å². The zero-order chi connectivity index (χ0) is 13.9. The molecule has 0 radical (unpaired) electrons. The lowest BCUT2D eigenvalue weighted by Gasteiger charge is -2.23. The Bertz CT molecular complexity index is 575. The van der Waals surface area contributed by atoms with Crippen molar-refractivity contribution in [1.29, 1.82) is 5.26 Å². The van der Waals surface area contributed by atoms with Crippen molar-refractivity contribution >= 4 is 10.0 Å². The number of sulfonamides is 1. The zero-order valence-electron chi connectivity index (χ0n) is 10.7. The Morgan fingerprint density at radius 1 is 1.50 bits per heavy atom. The highest BCUT2D eigenvalue weighted by molar-refractivity contribution is 7.89. The van der Waals surface area contributed by atoms with Crippen molar-refractivity contribution in [1.82, 2.24) is 4.31 Å². The second kappa shape index (κ2) is 5.48. The number of aryl methyl sites for hydroxylation is 1. The molecule has 5 nitrogen and oxygen atoms in total. The number of hydrogen-bond acceptors (Lipinski definition) is 4. The molecule has 1 aromatic carbocycles. The Morgan fingerprint density at radius 3 is 2.56 bits per heavy atom. The number of nitriles is 1. The van der Waals surface area contributed by atoms with Crippen LogP contribution in [0.2, 0.25) is 0 Å². The van der Waals surface area contributed by atoms with Gasteiger partial charge in [-0.25, -0.2) is 8.42 Å². The molecule has 6 heteroatoms. The fourth-order valence-corrected chi connectivity index (χ4v) is 2.93. The first-order valence-corrected chi connectivity index (χ1v) is 6.97. The van der Waals surface area contributed by atoms with Gasteiger partial charge >= 0.3 is 0 Å². The Morgan fingerprint density at radius 2 is 2.11 bits per heavy atom. The van der Waals surface area contributed by atoms with Gasteiger partial charge in [-0.3, -0.25) is 0 Å². The number of benzene rings is 1. The van der Waals surface area contributed by atoms with Crippen LogP contribution in [0.15, 0.2) is 23.1 Å². The summed E-state index contributed by atoms with van der Waals surface area (Å²) < 4.78 is 25.8. The minimum atomic E-state index is -3.55. The van der Waals surface area contributed by atoms with Gasteiger partial charge in [0.15, 0.2) is 0 Å². The minimum absolute atomic E-state index is 0.182. The van der Waals surface area contributed by atoms with Crippen LogP contribution in [0.1, 0.15) is 18.1 Å². The fraction of sp³-hybridized carbons (Fsp3) is 0.417. The molecule has 1 rings (SSSR count). The van der Waals surface area contributed by atoms with Crippen molar-refractivity contribution in [3.8, 4) is 6.07 Å². The summed E-state index contributed by atoms with van der Waals surface area (Å²) in [5, 5.41) is 8.82. The van der Waals surface area contributed by atoms with Gasteiger partial charge in [-0.15, -0.1) is 0 Å². The van der Waals surface area contributed by atoms with Crippen molar-refractivity contribution in [3.63, 3.8) is 0 Å². The molecule has 0 heterocycles. The van der Waals surface area contributed by atoms with E-state index in [2.05, 4.69) is 0 Å². The van der Waals surface area contributed by atoms with Crippen LogP contribution in [0.25, 0.3) is 0 Å². The van der Waals surface area contributed by atoms with Crippen molar-refractivity contribution in [3.05, 3.63) is 29.3 Å². The van der Waals surface area contributed by atoms with Crippen LogP contribution < -0.4 is 5.73 Å². The van der Waals surface area contributed by atoms with Crippen molar-refractivity contribution in [2.45, 2.75) is 24.8 Å². The van der Waals surface area contributed by atoms with Gasteiger partial charge in [0, 0.05) is 19.6 Å². The second-order valence-electron chi connectivity index (χ2n) is 4.19. The molecule has 98 valence electrons. The van der Waals surface area contributed by atoms with Crippen LogP contribution in [-0.2, 0) is 10.0 Å². The monoisotopic (exact) mass is 267 g/mol. The van der Waals surface area contributed by atoms with E-state index >= 15 is 0 Å². The molecule has 0 aliphatic carbocycles. The minimum Gasteiger partial charge on any atom is -0.329 e. The molecule has 0 amide bonds. The maximum Gasteiger partial charge on any atom is 0.243 e. The van der Waals surface area contributed by atoms with Crippen LogP contribution in [-0.4, -0.2) is 32.4 Å². The third-order valence-corrected chi connectivity index (χ3v) is 4.92. The quantitative estimate of drug-likeness (QED) is 0.875. The van der Waals surface area contributed by atoms with Gasteiger partial charge in [0.05, 0.1) is 16.5 Å². The van der Waals surface area contributed by atoms with E-state index in [-0.39, 0.29) is 17.5 Å². The Balaban J connectivity index is 3.22. The summed E-state index contributed by atoms with van der Waals surface area (Å²) in [4.78, 5) is 0.182. The smallest absolute Gasteiger partial charge is 0.243 e. The Kier molecular flexibility index (Phi) is 4.46. The van der Waals surface area contributed by atoms with Gasteiger partial charge in [0.2, 0.25) is 10.0 Å². The first-order valence-electron chi connectivity index (χ1n) is 5.53. The lowest BCUT2D eigenvalue weighted by Crippen LogP contribution is -2.39. The van der Waals surface area contributed by atoms with E-state index in [9.17, 15) is 8.42 Å². The first-order chi connectivity index (χ1) is 8.34. The van der Waals surface area contributed by atoms with Crippen molar-refractivity contribution < 1.29 is 8.42 Å². The van der Waals surface area contributed by atoms with E-state index < -0.39 is 10.0 Å². The predicted octanol–water partition coefficient (Wildman–Crippen LogP) is 0.834. The second-order valence-corrected chi connectivity index (χ2v) is 6.19. The number of nitrogens with two attached hydrogens (primary N) is 1. The van der Waals surface area contributed by atoms with Crippen LogP contribution in [0.4, 0.5) is 0 Å². The summed E-state index contributed by atoms with van der Waals surface area (Å²) in [6, 6.07) is 6.21. The van der Waals surface area contributed by atoms with Crippen LogP contribution >= 0.6 is 0 Å². The van der Waals surface area contributed by atoms with E-state index in [0.29, 0.717) is 11.1 Å². The molecule has 0 saturated carbocycles. The van der Waals surface area contributed by atoms with E-state index in [1.807, 2.05) is 6.07 Å². The molecule has 0 aliphatic heterocycles. The highest BCUT2D eigenvalue weighted by atomic mass is 32.2. The molecular weight excluding hydrogens is 250 g/mol. The number of nitrogens with zero attached hydrogens (tertiary/aromatic N) is 2. The number of rotatable bonds is 4. The lowest BCUT2D eigenvalue weighted by molar-refractivity contribution is 0.394. The highest BCUT2D eigenvalue weighted by Crippen LogP contribution is 2.19. The maximum atomic E-state index is 12.3. The largest absolute Gasteiger partial charge is 0.329 e. The van der Waals surface area contributed by atoms with E-state index in [1.165, 1.54) is 29.6 Å². The Hall–Kier alpha value is -1.42. The Labute approximate surface area is 108 Å². The average molecular weight is 267 g/mol. The van der Waals surface area contributed by atoms with E-state index in [1.54, 1.807) is 13.8 Å². The third kappa shape index (κ3) is 2.70. The van der Waals surface area contributed by atoms with Gasteiger partial charge in [-0.1, -0.05) is 0 Å². The maximum absolute atomic E-state index is 12.3. The molecule has 0 spiro atoms. The average Bonchev–Trinajstić information content (AvgIpc) is 2.36. The zero-order valence-corrected chi connectivity index (χ0v) is 11.5. The molecule has 2 N–H and O–H groups in total. The number of hydrogen-bond donors (Lipinski definition) is 1. The van der Waals surface area contributed by atoms with Crippen LogP contribution in [0.5, 0.6) is 0 Å². The molecule has 18 heavy (non-hydrogen) atoms. The van der Waals surface area contributed by atoms with Gasteiger partial charge in [0.25, 0.3) is 0 Å².